The van der Waals surface area contributed by atoms with Gasteiger partial charge in [0.25, 0.3) is 0 Å². The SMILES string of the molecule is CN(CC(=O)N(C)CCc1ccncc1)Cc1ccccc1. The second kappa shape index (κ2) is 8.29. The molecule has 0 fully saturated rings. The Morgan fingerprint density at radius 1 is 1.00 bits per heavy atom. The number of hydrogen-bond donors (Lipinski definition) is 0. The molecule has 0 unspecified atom stereocenters. The van der Waals surface area contributed by atoms with Crippen molar-refractivity contribution in [2.45, 2.75) is 13.0 Å². The first kappa shape index (κ1) is 16.2. The van der Waals surface area contributed by atoms with E-state index in [1.807, 2.05) is 49.3 Å². The third-order valence-corrected chi connectivity index (χ3v) is 3.61. The van der Waals surface area contributed by atoms with E-state index < -0.39 is 0 Å². The van der Waals surface area contributed by atoms with Gasteiger partial charge in [-0.3, -0.25) is 14.7 Å². The monoisotopic (exact) mass is 297 g/mol. The van der Waals surface area contributed by atoms with Gasteiger partial charge in [0.2, 0.25) is 5.91 Å². The Bertz CT molecular complexity index is 571. The average molecular weight is 297 g/mol. The molecule has 0 spiro atoms. The summed E-state index contributed by atoms with van der Waals surface area (Å²) < 4.78 is 0. The van der Waals surface area contributed by atoms with Gasteiger partial charge in [-0.1, -0.05) is 30.3 Å². The van der Waals surface area contributed by atoms with Crippen molar-refractivity contribution >= 4 is 5.91 Å². The molecule has 0 radical (unpaired) electrons. The minimum Gasteiger partial charge on any atom is -0.344 e. The molecule has 0 bridgehead atoms. The lowest BCUT2D eigenvalue weighted by Crippen LogP contribution is -2.37. The zero-order chi connectivity index (χ0) is 15.8. The molecule has 0 saturated heterocycles. The molecule has 4 nitrogen and oxygen atoms in total. The highest BCUT2D eigenvalue weighted by Gasteiger charge is 2.11. The van der Waals surface area contributed by atoms with Gasteiger partial charge in [-0.2, -0.15) is 0 Å². The van der Waals surface area contributed by atoms with Crippen LogP contribution in [0.4, 0.5) is 0 Å². The van der Waals surface area contributed by atoms with E-state index in [1.165, 1.54) is 11.1 Å². The normalized spacial score (nSPS) is 10.7. The number of hydrogen-bond acceptors (Lipinski definition) is 3. The Hall–Kier alpha value is -2.20. The number of likely N-dealkylation sites (N-methyl/N-ethyl adjacent to an activating group) is 2. The van der Waals surface area contributed by atoms with Crippen LogP contribution in [0.2, 0.25) is 0 Å². The van der Waals surface area contributed by atoms with Crippen molar-refractivity contribution in [1.82, 2.24) is 14.8 Å². The van der Waals surface area contributed by atoms with Crippen LogP contribution in [0.25, 0.3) is 0 Å². The number of amides is 1. The number of carbonyl (C=O) groups excluding carboxylic acids is 1. The van der Waals surface area contributed by atoms with Crippen LogP contribution < -0.4 is 0 Å². The fourth-order valence-electron chi connectivity index (χ4n) is 2.27. The topological polar surface area (TPSA) is 36.4 Å². The molecular formula is C18H23N3O. The Morgan fingerprint density at radius 2 is 1.68 bits per heavy atom. The maximum Gasteiger partial charge on any atom is 0.236 e. The van der Waals surface area contributed by atoms with Crippen molar-refractivity contribution in [3.63, 3.8) is 0 Å². The van der Waals surface area contributed by atoms with E-state index in [1.54, 1.807) is 17.3 Å². The van der Waals surface area contributed by atoms with Crippen LogP contribution in [0.15, 0.2) is 54.9 Å². The Morgan fingerprint density at radius 3 is 2.36 bits per heavy atom. The van der Waals surface area contributed by atoms with Gasteiger partial charge < -0.3 is 4.90 Å². The summed E-state index contributed by atoms with van der Waals surface area (Å²) >= 11 is 0. The lowest BCUT2D eigenvalue weighted by atomic mass is 10.2. The fourth-order valence-corrected chi connectivity index (χ4v) is 2.27. The second-order valence-corrected chi connectivity index (χ2v) is 5.58. The van der Waals surface area contributed by atoms with E-state index >= 15 is 0 Å². The van der Waals surface area contributed by atoms with Gasteiger partial charge in [-0.25, -0.2) is 0 Å². The van der Waals surface area contributed by atoms with Gasteiger partial charge in [0, 0.05) is 32.5 Å². The van der Waals surface area contributed by atoms with Crippen molar-refractivity contribution in [3.05, 3.63) is 66.0 Å². The zero-order valence-electron chi connectivity index (χ0n) is 13.3. The van der Waals surface area contributed by atoms with Crippen molar-refractivity contribution in [2.75, 3.05) is 27.2 Å². The van der Waals surface area contributed by atoms with Crippen LogP contribution in [0.3, 0.4) is 0 Å². The largest absolute Gasteiger partial charge is 0.344 e. The van der Waals surface area contributed by atoms with Crippen LogP contribution in [-0.4, -0.2) is 47.9 Å². The standard InChI is InChI=1S/C18H23N3O/c1-20(14-17-6-4-3-5-7-17)15-18(22)21(2)13-10-16-8-11-19-12-9-16/h3-9,11-12H,10,13-15H2,1-2H3. The fraction of sp³-hybridized carbons (Fsp3) is 0.333. The van der Waals surface area contributed by atoms with E-state index in [-0.39, 0.29) is 5.91 Å². The number of aromatic nitrogens is 1. The Labute approximate surface area is 132 Å². The average Bonchev–Trinajstić information content (AvgIpc) is 2.54. The third kappa shape index (κ3) is 5.30. The first-order chi connectivity index (χ1) is 10.6. The van der Waals surface area contributed by atoms with Crippen molar-refractivity contribution in [2.24, 2.45) is 0 Å². The first-order valence-corrected chi connectivity index (χ1v) is 7.50. The molecule has 22 heavy (non-hydrogen) atoms. The second-order valence-electron chi connectivity index (χ2n) is 5.58. The summed E-state index contributed by atoms with van der Waals surface area (Å²) in [6.07, 6.45) is 4.42. The number of nitrogens with zero attached hydrogens (tertiary/aromatic N) is 3. The number of carbonyl (C=O) groups is 1. The van der Waals surface area contributed by atoms with Crippen LogP contribution in [0.1, 0.15) is 11.1 Å². The quantitative estimate of drug-likeness (QED) is 0.786. The maximum absolute atomic E-state index is 12.2. The molecule has 0 saturated carbocycles. The lowest BCUT2D eigenvalue weighted by Gasteiger charge is -2.22. The highest BCUT2D eigenvalue weighted by molar-refractivity contribution is 5.77. The summed E-state index contributed by atoms with van der Waals surface area (Å²) in [5.74, 6) is 0.146. The molecule has 0 aliphatic heterocycles. The van der Waals surface area contributed by atoms with Gasteiger partial charge in [0.1, 0.15) is 0 Å². The van der Waals surface area contributed by atoms with Crippen LogP contribution in [-0.2, 0) is 17.8 Å². The number of benzene rings is 1. The zero-order valence-corrected chi connectivity index (χ0v) is 13.3. The smallest absolute Gasteiger partial charge is 0.236 e. The van der Waals surface area contributed by atoms with Gasteiger partial charge >= 0.3 is 0 Å². The molecule has 2 rings (SSSR count). The maximum atomic E-state index is 12.2. The van der Waals surface area contributed by atoms with Crippen LogP contribution in [0.5, 0.6) is 0 Å². The van der Waals surface area contributed by atoms with Crippen molar-refractivity contribution < 1.29 is 4.79 Å². The third-order valence-electron chi connectivity index (χ3n) is 3.61. The molecule has 0 atom stereocenters. The van der Waals surface area contributed by atoms with Crippen molar-refractivity contribution in [1.29, 1.82) is 0 Å². The first-order valence-electron chi connectivity index (χ1n) is 7.50. The summed E-state index contributed by atoms with van der Waals surface area (Å²) in [7, 11) is 3.83. The molecule has 116 valence electrons. The molecule has 1 heterocycles. The molecule has 0 aliphatic carbocycles. The molecule has 1 aromatic carbocycles. The Balaban J connectivity index is 1.76. The lowest BCUT2D eigenvalue weighted by molar-refractivity contribution is -0.130. The van der Waals surface area contributed by atoms with Gasteiger partial charge in [-0.15, -0.1) is 0 Å². The van der Waals surface area contributed by atoms with Gasteiger partial charge in [-0.05, 0) is 36.7 Å². The molecular weight excluding hydrogens is 274 g/mol. The Kier molecular flexibility index (Phi) is 6.10. The minimum absolute atomic E-state index is 0.146. The molecule has 4 heteroatoms. The number of rotatable bonds is 7. The molecule has 2 aromatic rings. The van der Waals surface area contributed by atoms with E-state index in [0.717, 1.165) is 19.5 Å². The van der Waals surface area contributed by atoms with Crippen LogP contribution in [0, 0.1) is 0 Å². The predicted molar refractivity (Wildman–Crippen MR) is 88.4 cm³/mol. The minimum atomic E-state index is 0.146. The summed E-state index contributed by atoms with van der Waals surface area (Å²) in [4.78, 5) is 20.1. The number of pyridine rings is 1. The van der Waals surface area contributed by atoms with Crippen molar-refractivity contribution in [3.8, 4) is 0 Å². The predicted octanol–water partition coefficient (Wildman–Crippen LogP) is 2.21. The van der Waals surface area contributed by atoms with E-state index in [2.05, 4.69) is 17.1 Å². The molecule has 0 N–H and O–H groups in total. The summed E-state index contributed by atoms with van der Waals surface area (Å²) in [5, 5.41) is 0. The van der Waals surface area contributed by atoms with E-state index in [4.69, 9.17) is 0 Å². The molecule has 0 aliphatic rings. The summed E-state index contributed by atoms with van der Waals surface area (Å²) in [6, 6.07) is 14.2. The summed E-state index contributed by atoms with van der Waals surface area (Å²) in [5.41, 5.74) is 2.42. The van der Waals surface area contributed by atoms with Gasteiger partial charge in [0.15, 0.2) is 0 Å². The van der Waals surface area contributed by atoms with E-state index in [9.17, 15) is 4.79 Å². The summed E-state index contributed by atoms with van der Waals surface area (Å²) in [6.45, 7) is 1.94. The highest BCUT2D eigenvalue weighted by Crippen LogP contribution is 2.04. The molecule has 1 aromatic heterocycles. The van der Waals surface area contributed by atoms with E-state index in [0.29, 0.717) is 6.54 Å². The highest BCUT2D eigenvalue weighted by atomic mass is 16.2. The molecule has 1 amide bonds. The van der Waals surface area contributed by atoms with Crippen LogP contribution >= 0.6 is 0 Å². The van der Waals surface area contributed by atoms with Gasteiger partial charge in [0.05, 0.1) is 6.54 Å².